The van der Waals surface area contributed by atoms with Gasteiger partial charge in [-0.25, -0.2) is 0 Å². The standard InChI is InChI=1S/C17H25N5O5/c1-11(23)22(10-12-4-6-13(24)7-5-12)14(3-2-8-20-17(18)19)16(27)21-9-15(25)26/h4-7,14,24H,2-3,8-10H2,1H3,(H,21,27)(H,25,26)(H4,18,19,20)/t14-/m1/s1. The topological polar surface area (TPSA) is 169 Å². The minimum absolute atomic E-state index is 0.0826. The molecule has 1 atom stereocenters. The van der Waals surface area contributed by atoms with Gasteiger partial charge in [0.05, 0.1) is 0 Å². The fraction of sp³-hybridized carbons (Fsp3) is 0.412. The number of carbonyl (C=O) groups excluding carboxylic acids is 2. The van der Waals surface area contributed by atoms with Crippen LogP contribution in [0.15, 0.2) is 24.3 Å². The number of rotatable bonds is 10. The van der Waals surface area contributed by atoms with E-state index >= 15 is 0 Å². The molecule has 0 aromatic heterocycles. The second-order valence-corrected chi connectivity index (χ2v) is 5.92. The number of phenols is 1. The molecule has 0 unspecified atom stereocenters. The lowest BCUT2D eigenvalue weighted by molar-refractivity contribution is -0.142. The molecule has 0 aliphatic heterocycles. The Hall–Kier alpha value is -3.30. The first-order chi connectivity index (χ1) is 12.7. The summed E-state index contributed by atoms with van der Waals surface area (Å²) in [4.78, 5) is 36.7. The molecule has 0 bridgehead atoms. The molecule has 2 amide bonds. The van der Waals surface area contributed by atoms with Crippen molar-refractivity contribution < 1.29 is 24.6 Å². The van der Waals surface area contributed by atoms with Crippen molar-refractivity contribution in [2.75, 3.05) is 13.1 Å². The first-order valence-electron chi connectivity index (χ1n) is 8.33. The quantitative estimate of drug-likeness (QED) is 0.182. The summed E-state index contributed by atoms with van der Waals surface area (Å²) in [7, 11) is 0. The number of guanidine groups is 1. The SMILES string of the molecule is CC(=O)N(Cc1ccc(O)cc1)[C@H](CCCNC(=N)N)C(=O)NCC(=O)O. The molecule has 1 aromatic rings. The van der Waals surface area contributed by atoms with Gasteiger partial charge < -0.3 is 31.5 Å². The summed E-state index contributed by atoms with van der Waals surface area (Å²) in [5.74, 6) is -2.23. The monoisotopic (exact) mass is 379 g/mol. The number of hydrogen-bond donors (Lipinski definition) is 6. The van der Waals surface area contributed by atoms with Crippen LogP contribution in [0.25, 0.3) is 0 Å². The van der Waals surface area contributed by atoms with Crippen LogP contribution in [0.1, 0.15) is 25.3 Å². The van der Waals surface area contributed by atoms with E-state index in [1.165, 1.54) is 24.0 Å². The highest BCUT2D eigenvalue weighted by atomic mass is 16.4. The van der Waals surface area contributed by atoms with Crippen molar-refractivity contribution in [1.82, 2.24) is 15.5 Å². The van der Waals surface area contributed by atoms with E-state index in [1.54, 1.807) is 12.1 Å². The smallest absolute Gasteiger partial charge is 0.322 e. The normalized spacial score (nSPS) is 11.3. The van der Waals surface area contributed by atoms with Crippen LogP contribution < -0.4 is 16.4 Å². The minimum atomic E-state index is -1.19. The second-order valence-electron chi connectivity index (χ2n) is 5.92. The van der Waals surface area contributed by atoms with E-state index in [9.17, 15) is 19.5 Å². The maximum absolute atomic E-state index is 12.5. The van der Waals surface area contributed by atoms with E-state index in [-0.39, 0.29) is 30.6 Å². The summed E-state index contributed by atoms with van der Waals surface area (Å²) >= 11 is 0. The fourth-order valence-electron chi connectivity index (χ4n) is 2.47. The van der Waals surface area contributed by atoms with Crippen LogP contribution in [0, 0.1) is 5.41 Å². The van der Waals surface area contributed by atoms with Gasteiger partial charge in [-0.3, -0.25) is 19.8 Å². The molecular weight excluding hydrogens is 354 g/mol. The number of benzene rings is 1. The van der Waals surface area contributed by atoms with Crippen LogP contribution in [0.3, 0.4) is 0 Å². The predicted molar refractivity (Wildman–Crippen MR) is 97.9 cm³/mol. The van der Waals surface area contributed by atoms with Crippen molar-refractivity contribution in [2.24, 2.45) is 5.73 Å². The molecule has 0 saturated carbocycles. The number of nitrogens with one attached hydrogen (secondary N) is 3. The number of aromatic hydroxyl groups is 1. The van der Waals surface area contributed by atoms with E-state index in [0.29, 0.717) is 18.5 Å². The number of carboxylic acids is 1. The van der Waals surface area contributed by atoms with Crippen LogP contribution in [0.2, 0.25) is 0 Å². The number of aliphatic carboxylic acids is 1. The fourth-order valence-corrected chi connectivity index (χ4v) is 2.47. The molecule has 0 spiro atoms. The molecule has 10 heteroatoms. The summed E-state index contributed by atoms with van der Waals surface area (Å²) in [6, 6.07) is 5.33. The van der Waals surface area contributed by atoms with Gasteiger partial charge in [-0.2, -0.15) is 0 Å². The van der Waals surface area contributed by atoms with Crippen LogP contribution in [0.5, 0.6) is 5.75 Å². The highest BCUT2D eigenvalue weighted by Crippen LogP contribution is 2.16. The summed E-state index contributed by atoms with van der Waals surface area (Å²) in [5.41, 5.74) is 5.92. The van der Waals surface area contributed by atoms with Crippen LogP contribution in [-0.2, 0) is 20.9 Å². The van der Waals surface area contributed by atoms with Gasteiger partial charge in [-0.1, -0.05) is 12.1 Å². The zero-order valence-corrected chi connectivity index (χ0v) is 15.1. The molecule has 0 heterocycles. The number of carbonyl (C=O) groups is 3. The maximum Gasteiger partial charge on any atom is 0.322 e. The van der Waals surface area contributed by atoms with E-state index < -0.39 is 24.5 Å². The van der Waals surface area contributed by atoms with Crippen molar-refractivity contribution in [3.8, 4) is 5.75 Å². The van der Waals surface area contributed by atoms with Crippen molar-refractivity contribution >= 4 is 23.7 Å². The zero-order chi connectivity index (χ0) is 20.4. The first-order valence-corrected chi connectivity index (χ1v) is 8.33. The summed E-state index contributed by atoms with van der Waals surface area (Å²) in [6.45, 7) is 1.24. The average molecular weight is 379 g/mol. The first kappa shape index (κ1) is 21.7. The molecule has 0 aliphatic carbocycles. The van der Waals surface area contributed by atoms with E-state index in [0.717, 1.165) is 0 Å². The van der Waals surface area contributed by atoms with Gasteiger partial charge in [0.25, 0.3) is 0 Å². The van der Waals surface area contributed by atoms with Crippen molar-refractivity contribution in [2.45, 2.75) is 32.4 Å². The summed E-state index contributed by atoms with van der Waals surface area (Å²) in [5, 5.41) is 30.2. The van der Waals surface area contributed by atoms with Gasteiger partial charge in [0, 0.05) is 20.0 Å². The third-order valence-corrected chi connectivity index (χ3v) is 3.76. The Morgan fingerprint density at radius 3 is 2.37 bits per heavy atom. The molecule has 0 saturated heterocycles. The number of amides is 2. The predicted octanol–water partition coefficient (Wildman–Crippen LogP) is -0.427. The molecule has 1 aromatic carbocycles. The van der Waals surface area contributed by atoms with Gasteiger partial charge in [-0.05, 0) is 30.5 Å². The van der Waals surface area contributed by atoms with Crippen LogP contribution >= 0.6 is 0 Å². The minimum Gasteiger partial charge on any atom is -0.508 e. The van der Waals surface area contributed by atoms with Crippen LogP contribution in [-0.4, -0.2) is 58.0 Å². The van der Waals surface area contributed by atoms with Crippen LogP contribution in [0.4, 0.5) is 0 Å². The van der Waals surface area contributed by atoms with Crippen molar-refractivity contribution in [3.63, 3.8) is 0 Å². The van der Waals surface area contributed by atoms with E-state index in [1.807, 2.05) is 0 Å². The number of phenolic OH excluding ortho intramolecular Hbond substituents is 1. The van der Waals surface area contributed by atoms with Crippen molar-refractivity contribution in [3.05, 3.63) is 29.8 Å². The van der Waals surface area contributed by atoms with Gasteiger partial charge in [0.2, 0.25) is 11.8 Å². The molecule has 0 fully saturated rings. The number of carboxylic acid groups (broad SMARTS) is 1. The van der Waals surface area contributed by atoms with Gasteiger partial charge in [0.1, 0.15) is 18.3 Å². The molecule has 0 radical (unpaired) electrons. The Kier molecular flexibility index (Phi) is 8.57. The molecule has 1 rings (SSSR count). The van der Waals surface area contributed by atoms with E-state index in [4.69, 9.17) is 16.2 Å². The lowest BCUT2D eigenvalue weighted by Gasteiger charge is -2.30. The third-order valence-electron chi connectivity index (χ3n) is 3.76. The Morgan fingerprint density at radius 2 is 1.85 bits per heavy atom. The largest absolute Gasteiger partial charge is 0.508 e. The Bertz CT molecular complexity index is 677. The Morgan fingerprint density at radius 1 is 1.22 bits per heavy atom. The molecule has 7 N–H and O–H groups in total. The molecule has 148 valence electrons. The van der Waals surface area contributed by atoms with Gasteiger partial charge in [0.15, 0.2) is 5.96 Å². The highest BCUT2D eigenvalue weighted by Gasteiger charge is 2.28. The Labute approximate surface area is 156 Å². The highest BCUT2D eigenvalue weighted by molar-refractivity contribution is 5.88. The zero-order valence-electron chi connectivity index (χ0n) is 15.1. The molecule has 0 aliphatic rings. The number of nitrogens with two attached hydrogens (primary N) is 1. The van der Waals surface area contributed by atoms with Crippen molar-refractivity contribution in [1.29, 1.82) is 5.41 Å². The number of hydrogen-bond acceptors (Lipinski definition) is 5. The molecule has 10 nitrogen and oxygen atoms in total. The Balaban J connectivity index is 2.92. The maximum atomic E-state index is 12.5. The number of nitrogens with zero attached hydrogens (tertiary/aromatic N) is 1. The molecule has 27 heavy (non-hydrogen) atoms. The molecular formula is C17H25N5O5. The summed E-state index contributed by atoms with van der Waals surface area (Å²) < 4.78 is 0. The third kappa shape index (κ3) is 8.08. The average Bonchev–Trinajstić information content (AvgIpc) is 2.59. The van der Waals surface area contributed by atoms with Gasteiger partial charge >= 0.3 is 5.97 Å². The lowest BCUT2D eigenvalue weighted by atomic mass is 10.1. The summed E-state index contributed by atoms with van der Waals surface area (Å²) in [6.07, 6.45) is 0.688. The van der Waals surface area contributed by atoms with E-state index in [2.05, 4.69) is 10.6 Å². The second kappa shape index (κ2) is 10.6. The lowest BCUT2D eigenvalue weighted by Crippen LogP contribution is -2.49. The van der Waals surface area contributed by atoms with Gasteiger partial charge in [-0.15, -0.1) is 0 Å².